The molecular formula is C27H23F3N4O4S2. The van der Waals surface area contributed by atoms with Gasteiger partial charge in [0.25, 0.3) is 0 Å². The number of halogens is 3. The van der Waals surface area contributed by atoms with E-state index in [1.54, 1.807) is 29.4 Å². The number of carbonyl (C=O) groups excluding carboxylic acids is 3. The fourth-order valence-corrected chi connectivity index (χ4v) is 8.40. The molecule has 0 spiro atoms. The second-order valence-corrected chi connectivity index (χ2v) is 12.1. The number of likely N-dealkylation sites (tertiary alicyclic amines) is 1. The van der Waals surface area contributed by atoms with Crippen LogP contribution in [0.3, 0.4) is 0 Å². The van der Waals surface area contributed by atoms with Gasteiger partial charge in [0.2, 0.25) is 17.7 Å². The molecule has 8 nitrogen and oxygen atoms in total. The molecule has 5 heterocycles. The molecule has 208 valence electrons. The van der Waals surface area contributed by atoms with Gasteiger partial charge in [0.1, 0.15) is 11.8 Å². The number of pyridine rings is 1. The fraction of sp³-hybridized carbons (Fsp3) is 0.370. The lowest BCUT2D eigenvalue weighted by Crippen LogP contribution is -2.39. The Morgan fingerprint density at radius 2 is 1.80 bits per heavy atom. The van der Waals surface area contributed by atoms with Gasteiger partial charge in [0.05, 0.1) is 22.2 Å². The van der Waals surface area contributed by atoms with Crippen molar-refractivity contribution in [2.24, 2.45) is 5.92 Å². The minimum Gasteiger partial charge on any atom is -0.341 e. The van der Waals surface area contributed by atoms with Crippen LogP contribution in [0, 0.1) is 5.92 Å². The highest BCUT2D eigenvalue weighted by molar-refractivity contribution is 8.00. The van der Waals surface area contributed by atoms with Crippen molar-refractivity contribution in [3.8, 4) is 0 Å². The molecule has 0 radical (unpaired) electrons. The van der Waals surface area contributed by atoms with Crippen molar-refractivity contribution in [3.63, 3.8) is 0 Å². The van der Waals surface area contributed by atoms with E-state index >= 15 is 0 Å². The molecule has 2 aromatic heterocycles. The largest absolute Gasteiger partial charge is 0.416 e. The van der Waals surface area contributed by atoms with Gasteiger partial charge >= 0.3 is 11.0 Å². The van der Waals surface area contributed by atoms with Crippen molar-refractivity contribution in [1.29, 1.82) is 0 Å². The van der Waals surface area contributed by atoms with Crippen LogP contribution in [-0.4, -0.2) is 50.5 Å². The highest BCUT2D eigenvalue weighted by atomic mass is 32.2. The topological polar surface area (TPSA) is 92.6 Å². The summed E-state index contributed by atoms with van der Waals surface area (Å²) >= 11 is 1.95. The number of benzene rings is 1. The van der Waals surface area contributed by atoms with Crippen LogP contribution in [0.2, 0.25) is 0 Å². The van der Waals surface area contributed by atoms with E-state index in [0.717, 1.165) is 65.5 Å². The monoisotopic (exact) mass is 588 g/mol. The number of alkyl halides is 3. The standard InChI is InChI=1S/C27H23F3N4O4S2/c28-27(29,30)16-7-4-8-17(12-16)34-23(36)20-19(15-6-5-9-31-13-15)22-25(39-21(20)24(34)37)33(26(38)40-22)14-18(35)32-10-2-1-3-11-32/h4-9,12-13,19-21H,1-3,10-11,14H2/t19-,20+,21-/m0/s1. The highest BCUT2D eigenvalue weighted by Crippen LogP contribution is 2.54. The lowest BCUT2D eigenvalue weighted by molar-refractivity contribution is -0.137. The number of piperidine rings is 1. The molecule has 0 aliphatic carbocycles. The Hall–Kier alpha value is -3.45. The van der Waals surface area contributed by atoms with Crippen molar-refractivity contribution in [1.82, 2.24) is 14.5 Å². The van der Waals surface area contributed by atoms with Gasteiger partial charge in [0, 0.05) is 36.3 Å². The Balaban J connectivity index is 1.42. The summed E-state index contributed by atoms with van der Waals surface area (Å²) in [6.45, 7) is 1.05. The maximum Gasteiger partial charge on any atom is 0.416 e. The first-order chi connectivity index (χ1) is 19.1. The first-order valence-electron chi connectivity index (χ1n) is 12.8. The average Bonchev–Trinajstić information content (AvgIpc) is 3.39. The Labute approximate surface area is 234 Å². The summed E-state index contributed by atoms with van der Waals surface area (Å²) in [4.78, 5) is 60.7. The zero-order valence-electron chi connectivity index (χ0n) is 21.0. The maximum atomic E-state index is 13.8. The number of imide groups is 1. The van der Waals surface area contributed by atoms with E-state index in [2.05, 4.69) is 4.98 Å². The Morgan fingerprint density at radius 1 is 1.02 bits per heavy atom. The van der Waals surface area contributed by atoms with Gasteiger partial charge in [-0.3, -0.25) is 28.7 Å². The summed E-state index contributed by atoms with van der Waals surface area (Å²) in [5.41, 5.74) is -0.534. The average molecular weight is 589 g/mol. The first kappa shape index (κ1) is 26.8. The van der Waals surface area contributed by atoms with Crippen LogP contribution in [-0.2, 0) is 27.1 Å². The fourth-order valence-electron chi connectivity index (χ4n) is 5.63. The van der Waals surface area contributed by atoms with E-state index < -0.39 is 40.6 Å². The molecule has 40 heavy (non-hydrogen) atoms. The summed E-state index contributed by atoms with van der Waals surface area (Å²) in [7, 11) is 0. The maximum absolute atomic E-state index is 13.8. The quantitative estimate of drug-likeness (QED) is 0.426. The third-order valence-electron chi connectivity index (χ3n) is 7.53. The zero-order valence-corrected chi connectivity index (χ0v) is 22.6. The van der Waals surface area contributed by atoms with Crippen molar-refractivity contribution in [2.75, 3.05) is 18.0 Å². The molecule has 1 aromatic carbocycles. The molecule has 0 bridgehead atoms. The number of thiazole rings is 1. The number of rotatable bonds is 4. The number of hydrogen-bond acceptors (Lipinski definition) is 7. The number of nitrogens with zero attached hydrogens (tertiary/aromatic N) is 4. The molecular weight excluding hydrogens is 565 g/mol. The van der Waals surface area contributed by atoms with E-state index in [-0.39, 0.29) is 23.0 Å². The van der Waals surface area contributed by atoms with Crippen LogP contribution in [0.5, 0.6) is 0 Å². The van der Waals surface area contributed by atoms with Crippen LogP contribution < -0.4 is 9.77 Å². The Bertz CT molecular complexity index is 1550. The number of anilines is 1. The number of thioether (sulfide) groups is 1. The van der Waals surface area contributed by atoms with Gasteiger partial charge in [0.15, 0.2) is 0 Å². The lowest BCUT2D eigenvalue weighted by atomic mass is 9.84. The molecule has 2 saturated heterocycles. The van der Waals surface area contributed by atoms with Crippen LogP contribution in [0.15, 0.2) is 58.6 Å². The van der Waals surface area contributed by atoms with Crippen molar-refractivity contribution >= 4 is 46.5 Å². The Kier molecular flexibility index (Phi) is 6.81. The van der Waals surface area contributed by atoms with Crippen LogP contribution in [0.4, 0.5) is 18.9 Å². The molecule has 6 rings (SSSR count). The van der Waals surface area contributed by atoms with E-state index in [4.69, 9.17) is 0 Å². The van der Waals surface area contributed by atoms with Crippen molar-refractivity contribution in [3.05, 3.63) is 74.5 Å². The zero-order chi connectivity index (χ0) is 28.2. The van der Waals surface area contributed by atoms with Gasteiger partial charge in [-0.25, -0.2) is 4.90 Å². The summed E-state index contributed by atoms with van der Waals surface area (Å²) in [6.07, 6.45) is 1.29. The van der Waals surface area contributed by atoms with Gasteiger partial charge in [-0.05, 0) is 49.1 Å². The summed E-state index contributed by atoms with van der Waals surface area (Å²) in [5, 5.41) is -0.562. The molecule has 2 fully saturated rings. The minimum absolute atomic E-state index is 0.161. The molecule has 13 heteroatoms. The molecule has 3 aliphatic rings. The SMILES string of the molecule is O=C(Cn1c2c(sc1=O)[C@@H](c1cccnc1)[C@H]1C(=O)N(c3cccc(C(F)(F)F)c3)C(=O)[C@H]1S2)N1CCCCC1. The summed E-state index contributed by atoms with van der Waals surface area (Å²) in [5.74, 6) is -3.19. The van der Waals surface area contributed by atoms with E-state index in [1.165, 1.54) is 10.6 Å². The smallest absolute Gasteiger partial charge is 0.341 e. The number of fused-ring (bicyclic) bond motifs is 2. The summed E-state index contributed by atoms with van der Waals surface area (Å²) in [6, 6.07) is 7.55. The van der Waals surface area contributed by atoms with Crippen molar-refractivity contribution in [2.45, 2.75) is 48.2 Å². The molecule has 3 amide bonds. The predicted octanol–water partition coefficient (Wildman–Crippen LogP) is 4.13. The molecule has 0 N–H and O–H groups in total. The second kappa shape index (κ2) is 10.2. The number of aromatic nitrogens is 2. The van der Waals surface area contributed by atoms with Crippen LogP contribution >= 0.6 is 23.1 Å². The number of hydrogen-bond donors (Lipinski definition) is 0. The Morgan fingerprint density at radius 3 is 2.50 bits per heavy atom. The molecule has 0 unspecified atom stereocenters. The highest BCUT2D eigenvalue weighted by Gasteiger charge is 2.57. The number of carbonyl (C=O) groups is 3. The second-order valence-electron chi connectivity index (χ2n) is 9.95. The number of amides is 3. The van der Waals surface area contributed by atoms with Gasteiger partial charge < -0.3 is 4.90 Å². The van der Waals surface area contributed by atoms with E-state index in [0.29, 0.717) is 28.6 Å². The van der Waals surface area contributed by atoms with E-state index in [1.807, 2.05) is 0 Å². The van der Waals surface area contributed by atoms with Gasteiger partial charge in [-0.15, -0.1) is 0 Å². The lowest BCUT2D eigenvalue weighted by Gasteiger charge is -2.31. The third kappa shape index (κ3) is 4.54. The third-order valence-corrected chi connectivity index (χ3v) is 10.1. The minimum atomic E-state index is -4.65. The van der Waals surface area contributed by atoms with Crippen molar-refractivity contribution < 1.29 is 27.6 Å². The predicted molar refractivity (Wildman–Crippen MR) is 142 cm³/mol. The molecule has 3 atom stereocenters. The molecule has 3 aromatic rings. The van der Waals surface area contributed by atoms with E-state index in [9.17, 15) is 32.3 Å². The van der Waals surface area contributed by atoms with Crippen LogP contribution in [0.25, 0.3) is 0 Å². The first-order valence-corrected chi connectivity index (χ1v) is 14.5. The van der Waals surface area contributed by atoms with Crippen LogP contribution in [0.1, 0.15) is 41.2 Å². The molecule has 3 aliphatic heterocycles. The van der Waals surface area contributed by atoms with Gasteiger partial charge in [-0.1, -0.05) is 35.2 Å². The normalized spacial score (nSPS) is 22.8. The molecule has 0 saturated carbocycles. The summed E-state index contributed by atoms with van der Waals surface area (Å²) < 4.78 is 41.6. The van der Waals surface area contributed by atoms with Gasteiger partial charge in [-0.2, -0.15) is 13.2 Å².